The van der Waals surface area contributed by atoms with Crippen LogP contribution in [0.3, 0.4) is 0 Å². The average Bonchev–Trinajstić information content (AvgIpc) is 2.46. The van der Waals surface area contributed by atoms with Crippen molar-refractivity contribution >= 4 is 27.4 Å². The Morgan fingerprint density at radius 1 is 1.10 bits per heavy atom. The van der Waals surface area contributed by atoms with Gasteiger partial charge in [0.25, 0.3) is 0 Å². The first-order valence-corrected chi connectivity index (χ1v) is 7.10. The van der Waals surface area contributed by atoms with E-state index in [1.54, 1.807) is 37.4 Å². The Morgan fingerprint density at radius 3 is 2.33 bits per heavy atom. The van der Waals surface area contributed by atoms with Crippen molar-refractivity contribution in [2.45, 2.75) is 6.92 Å². The number of hydrogen-bond donors (Lipinski definition) is 1. The maximum atomic E-state index is 12.7. The molecule has 110 valence electrons. The van der Waals surface area contributed by atoms with Gasteiger partial charge in [0.15, 0.2) is 5.78 Å². The van der Waals surface area contributed by atoms with E-state index in [2.05, 4.69) is 15.9 Å². The highest BCUT2D eigenvalue weighted by Gasteiger charge is 2.20. The van der Waals surface area contributed by atoms with E-state index < -0.39 is 0 Å². The van der Waals surface area contributed by atoms with Crippen LogP contribution < -0.4 is 15.2 Å². The molecule has 0 amide bonds. The molecule has 0 aliphatic carbocycles. The molecule has 0 bridgehead atoms. The number of ether oxygens (including phenoxy) is 2. The fraction of sp³-hybridized carbons (Fsp3) is 0.188. The number of rotatable bonds is 4. The number of benzene rings is 2. The fourth-order valence-corrected chi connectivity index (χ4v) is 2.83. The molecule has 0 unspecified atom stereocenters. The molecule has 2 aromatic carbocycles. The van der Waals surface area contributed by atoms with Gasteiger partial charge in [0.2, 0.25) is 0 Å². The minimum absolute atomic E-state index is 0.118. The van der Waals surface area contributed by atoms with E-state index in [9.17, 15) is 4.79 Å². The molecule has 0 saturated heterocycles. The van der Waals surface area contributed by atoms with Crippen molar-refractivity contribution in [1.29, 1.82) is 0 Å². The molecule has 21 heavy (non-hydrogen) atoms. The molecular formula is C16H16BrNO3. The minimum Gasteiger partial charge on any atom is -0.495 e. The number of ketones is 1. The predicted octanol–water partition coefficient (Wildman–Crippen LogP) is 3.59. The van der Waals surface area contributed by atoms with Crippen LogP contribution in [-0.4, -0.2) is 20.0 Å². The zero-order chi connectivity index (χ0) is 15.6. The molecule has 0 saturated carbocycles. The lowest BCUT2D eigenvalue weighted by atomic mass is 9.98. The zero-order valence-electron chi connectivity index (χ0n) is 12.1. The highest BCUT2D eigenvalue weighted by atomic mass is 79.9. The van der Waals surface area contributed by atoms with E-state index in [0.29, 0.717) is 32.8 Å². The summed E-state index contributed by atoms with van der Waals surface area (Å²) in [4.78, 5) is 12.7. The molecule has 0 aromatic heterocycles. The molecule has 2 aromatic rings. The summed E-state index contributed by atoms with van der Waals surface area (Å²) in [7, 11) is 3.08. The second-order valence-electron chi connectivity index (χ2n) is 4.57. The molecule has 0 atom stereocenters. The van der Waals surface area contributed by atoms with Crippen LogP contribution >= 0.6 is 15.9 Å². The van der Waals surface area contributed by atoms with Gasteiger partial charge in [-0.1, -0.05) is 0 Å². The monoisotopic (exact) mass is 349 g/mol. The highest BCUT2D eigenvalue weighted by molar-refractivity contribution is 9.10. The maximum absolute atomic E-state index is 12.7. The maximum Gasteiger partial charge on any atom is 0.197 e. The summed E-state index contributed by atoms with van der Waals surface area (Å²) in [5.74, 6) is 0.945. The van der Waals surface area contributed by atoms with Gasteiger partial charge in [0, 0.05) is 11.3 Å². The number of carbonyl (C=O) groups is 1. The van der Waals surface area contributed by atoms with E-state index in [-0.39, 0.29) is 5.78 Å². The Balaban J connectivity index is 2.55. The predicted molar refractivity (Wildman–Crippen MR) is 86.3 cm³/mol. The van der Waals surface area contributed by atoms with E-state index in [0.717, 1.165) is 5.56 Å². The summed E-state index contributed by atoms with van der Waals surface area (Å²) in [6, 6.07) is 8.64. The van der Waals surface area contributed by atoms with Crippen LogP contribution in [0, 0.1) is 6.92 Å². The van der Waals surface area contributed by atoms with Gasteiger partial charge in [-0.3, -0.25) is 4.79 Å². The Kier molecular flexibility index (Phi) is 4.53. The molecule has 0 aliphatic heterocycles. The van der Waals surface area contributed by atoms with Crippen LogP contribution in [0.5, 0.6) is 11.5 Å². The molecular weight excluding hydrogens is 334 g/mol. The van der Waals surface area contributed by atoms with Crippen molar-refractivity contribution in [2.24, 2.45) is 0 Å². The van der Waals surface area contributed by atoms with Gasteiger partial charge in [-0.05, 0) is 58.7 Å². The van der Waals surface area contributed by atoms with Crippen molar-refractivity contribution in [3.63, 3.8) is 0 Å². The lowest BCUT2D eigenvalue weighted by molar-refractivity contribution is 0.103. The molecule has 0 radical (unpaired) electrons. The number of hydrogen-bond acceptors (Lipinski definition) is 4. The summed E-state index contributed by atoms with van der Waals surface area (Å²) in [6.07, 6.45) is 0. The van der Waals surface area contributed by atoms with Crippen LogP contribution in [0.4, 0.5) is 5.69 Å². The normalized spacial score (nSPS) is 10.3. The van der Waals surface area contributed by atoms with E-state index in [1.807, 2.05) is 6.92 Å². The minimum atomic E-state index is -0.118. The third-order valence-corrected chi connectivity index (χ3v) is 3.98. The average molecular weight is 350 g/mol. The third kappa shape index (κ3) is 2.88. The second-order valence-corrected chi connectivity index (χ2v) is 5.36. The van der Waals surface area contributed by atoms with Crippen molar-refractivity contribution in [2.75, 3.05) is 20.0 Å². The Morgan fingerprint density at radius 2 is 1.76 bits per heavy atom. The number of halogens is 1. The Bertz CT molecular complexity index is 698. The van der Waals surface area contributed by atoms with Gasteiger partial charge in [0.1, 0.15) is 16.0 Å². The highest BCUT2D eigenvalue weighted by Crippen LogP contribution is 2.38. The van der Waals surface area contributed by atoms with E-state index >= 15 is 0 Å². The molecule has 0 aliphatic rings. The van der Waals surface area contributed by atoms with Crippen molar-refractivity contribution in [3.8, 4) is 11.5 Å². The largest absolute Gasteiger partial charge is 0.495 e. The van der Waals surface area contributed by atoms with Crippen molar-refractivity contribution in [3.05, 3.63) is 51.5 Å². The van der Waals surface area contributed by atoms with Crippen LogP contribution in [0.15, 0.2) is 34.8 Å². The Labute approximate surface area is 132 Å². The fourth-order valence-electron chi connectivity index (χ4n) is 2.16. The molecule has 0 spiro atoms. The number of carbonyl (C=O) groups excluding carboxylic acids is 1. The number of nitrogen functional groups attached to an aromatic ring is 1. The van der Waals surface area contributed by atoms with Crippen LogP contribution in [-0.2, 0) is 0 Å². The summed E-state index contributed by atoms with van der Waals surface area (Å²) in [5, 5.41) is 0. The van der Waals surface area contributed by atoms with Gasteiger partial charge in [-0.25, -0.2) is 0 Å². The molecule has 0 heterocycles. The van der Waals surface area contributed by atoms with Crippen molar-refractivity contribution in [1.82, 2.24) is 0 Å². The lowest BCUT2D eigenvalue weighted by Gasteiger charge is -2.13. The van der Waals surface area contributed by atoms with Crippen LogP contribution in [0.25, 0.3) is 0 Å². The molecule has 0 fully saturated rings. The molecule has 5 heteroatoms. The smallest absolute Gasteiger partial charge is 0.197 e. The standard InChI is InChI=1S/C16H16BrNO3/c1-9-8-10(18)4-5-11(9)15(19)12-6-7-13(20-2)14(17)16(12)21-3/h4-8H,18H2,1-3H3. The lowest BCUT2D eigenvalue weighted by Crippen LogP contribution is -2.07. The van der Waals surface area contributed by atoms with Gasteiger partial charge in [-0.15, -0.1) is 0 Å². The number of nitrogens with two attached hydrogens (primary N) is 1. The summed E-state index contributed by atoms with van der Waals surface area (Å²) in [6.45, 7) is 1.86. The van der Waals surface area contributed by atoms with Crippen LogP contribution in [0.1, 0.15) is 21.5 Å². The first-order chi connectivity index (χ1) is 9.99. The summed E-state index contributed by atoms with van der Waals surface area (Å²) >= 11 is 3.40. The molecule has 2 N–H and O–H groups in total. The van der Waals surface area contributed by atoms with Gasteiger partial charge < -0.3 is 15.2 Å². The first kappa shape index (κ1) is 15.4. The molecule has 4 nitrogen and oxygen atoms in total. The number of methoxy groups -OCH3 is 2. The van der Waals surface area contributed by atoms with Crippen LogP contribution in [0.2, 0.25) is 0 Å². The number of aryl methyl sites for hydroxylation is 1. The summed E-state index contributed by atoms with van der Waals surface area (Å²) in [5.41, 5.74) is 8.25. The second kappa shape index (κ2) is 6.18. The van der Waals surface area contributed by atoms with E-state index in [4.69, 9.17) is 15.2 Å². The number of anilines is 1. The third-order valence-electron chi connectivity index (χ3n) is 3.23. The van der Waals surface area contributed by atoms with Gasteiger partial charge in [0.05, 0.1) is 19.8 Å². The topological polar surface area (TPSA) is 61.5 Å². The van der Waals surface area contributed by atoms with Gasteiger partial charge in [-0.2, -0.15) is 0 Å². The van der Waals surface area contributed by atoms with Gasteiger partial charge >= 0.3 is 0 Å². The van der Waals surface area contributed by atoms with Crippen molar-refractivity contribution < 1.29 is 14.3 Å². The Hall–Kier alpha value is -2.01. The zero-order valence-corrected chi connectivity index (χ0v) is 13.7. The quantitative estimate of drug-likeness (QED) is 0.676. The molecule has 2 rings (SSSR count). The first-order valence-electron chi connectivity index (χ1n) is 6.31. The van der Waals surface area contributed by atoms with E-state index in [1.165, 1.54) is 7.11 Å². The SMILES string of the molecule is COc1ccc(C(=O)c2ccc(N)cc2C)c(OC)c1Br. The summed E-state index contributed by atoms with van der Waals surface area (Å²) < 4.78 is 11.2.